The second-order valence-corrected chi connectivity index (χ2v) is 6.71. The number of aromatic nitrogens is 5. The fourth-order valence-electron chi connectivity index (χ4n) is 2.87. The molecule has 0 aliphatic heterocycles. The molecule has 1 N–H and O–H groups in total. The number of benzene rings is 2. The van der Waals surface area contributed by atoms with E-state index in [1.165, 1.54) is 4.80 Å². The van der Waals surface area contributed by atoms with E-state index in [0.29, 0.717) is 39.9 Å². The lowest BCUT2D eigenvalue weighted by Gasteiger charge is -2.13. The number of rotatable bonds is 5. The Balaban J connectivity index is 1.54. The van der Waals surface area contributed by atoms with Crippen LogP contribution in [0.25, 0.3) is 22.5 Å². The first-order chi connectivity index (χ1) is 13.5. The fraction of sp³-hybridized carbons (Fsp3) is 0.211. The van der Waals surface area contributed by atoms with Crippen LogP contribution in [0, 0.1) is 6.92 Å². The third kappa shape index (κ3) is 3.59. The summed E-state index contributed by atoms with van der Waals surface area (Å²) < 4.78 is 5.45. The van der Waals surface area contributed by atoms with E-state index in [4.69, 9.17) is 16.0 Å². The van der Waals surface area contributed by atoms with Gasteiger partial charge in [0, 0.05) is 23.2 Å². The maximum Gasteiger partial charge on any atom is 0.251 e. The first-order valence-electron chi connectivity index (χ1n) is 8.77. The standard InChI is InChI=1S/C19H17ClN6O2/c1-3-16(26-24-18(23-25-26)12-4-6-13(20)7-5-12)19(27)22-14-8-9-17-15(10-14)21-11(2)28-17/h4-10,16H,3H2,1-2H3,(H,22,27)/t16-/m0/s1. The molecule has 0 radical (unpaired) electrons. The fourth-order valence-corrected chi connectivity index (χ4v) is 3.00. The van der Waals surface area contributed by atoms with E-state index in [-0.39, 0.29) is 5.91 Å². The van der Waals surface area contributed by atoms with Crippen molar-refractivity contribution in [3.8, 4) is 11.4 Å². The maximum absolute atomic E-state index is 12.8. The Morgan fingerprint density at radius 2 is 2.04 bits per heavy atom. The maximum atomic E-state index is 12.8. The second-order valence-electron chi connectivity index (χ2n) is 6.27. The van der Waals surface area contributed by atoms with Crippen molar-refractivity contribution < 1.29 is 9.21 Å². The van der Waals surface area contributed by atoms with Crippen molar-refractivity contribution in [3.63, 3.8) is 0 Å². The molecule has 4 rings (SSSR count). The first-order valence-corrected chi connectivity index (χ1v) is 9.15. The molecule has 0 bridgehead atoms. The van der Waals surface area contributed by atoms with Crippen LogP contribution in [0.15, 0.2) is 46.9 Å². The summed E-state index contributed by atoms with van der Waals surface area (Å²) in [4.78, 5) is 18.4. The number of fused-ring (bicyclic) bond motifs is 1. The highest BCUT2D eigenvalue weighted by Gasteiger charge is 2.22. The third-order valence-corrected chi connectivity index (χ3v) is 4.51. The second kappa shape index (κ2) is 7.40. The van der Waals surface area contributed by atoms with Crippen molar-refractivity contribution in [3.05, 3.63) is 53.4 Å². The number of amides is 1. The molecule has 8 nitrogen and oxygen atoms in total. The topological polar surface area (TPSA) is 98.7 Å². The van der Waals surface area contributed by atoms with E-state index < -0.39 is 6.04 Å². The van der Waals surface area contributed by atoms with Crippen molar-refractivity contribution in [2.45, 2.75) is 26.3 Å². The van der Waals surface area contributed by atoms with Gasteiger partial charge in [-0.2, -0.15) is 4.80 Å². The summed E-state index contributed by atoms with van der Waals surface area (Å²) >= 11 is 5.91. The van der Waals surface area contributed by atoms with Crippen LogP contribution in [0.3, 0.4) is 0 Å². The van der Waals surface area contributed by atoms with Gasteiger partial charge in [-0.05, 0) is 54.1 Å². The van der Waals surface area contributed by atoms with Gasteiger partial charge >= 0.3 is 0 Å². The number of tetrazole rings is 1. The molecule has 0 saturated heterocycles. The van der Waals surface area contributed by atoms with E-state index in [2.05, 4.69) is 25.7 Å². The van der Waals surface area contributed by atoms with Crippen LogP contribution < -0.4 is 5.32 Å². The molecule has 0 fully saturated rings. The lowest BCUT2D eigenvalue weighted by molar-refractivity contribution is -0.119. The zero-order chi connectivity index (χ0) is 19.7. The monoisotopic (exact) mass is 396 g/mol. The Morgan fingerprint density at radius 1 is 1.25 bits per heavy atom. The highest BCUT2D eigenvalue weighted by atomic mass is 35.5. The van der Waals surface area contributed by atoms with Crippen molar-refractivity contribution in [1.29, 1.82) is 0 Å². The Kier molecular flexibility index (Phi) is 4.79. The summed E-state index contributed by atoms with van der Waals surface area (Å²) in [5, 5.41) is 16.0. The number of oxazole rings is 1. The van der Waals surface area contributed by atoms with Gasteiger partial charge in [0.15, 0.2) is 17.5 Å². The van der Waals surface area contributed by atoms with Gasteiger partial charge in [-0.1, -0.05) is 18.5 Å². The van der Waals surface area contributed by atoms with Crippen LogP contribution in [0.1, 0.15) is 25.3 Å². The number of halogens is 1. The van der Waals surface area contributed by atoms with E-state index in [1.807, 2.05) is 6.92 Å². The Labute approximate surface area is 165 Å². The zero-order valence-electron chi connectivity index (χ0n) is 15.3. The number of carbonyl (C=O) groups excluding carboxylic acids is 1. The predicted molar refractivity (Wildman–Crippen MR) is 105 cm³/mol. The Morgan fingerprint density at radius 3 is 2.79 bits per heavy atom. The Bertz CT molecular complexity index is 1140. The zero-order valence-corrected chi connectivity index (χ0v) is 16.0. The van der Waals surface area contributed by atoms with Gasteiger partial charge in [0.25, 0.3) is 5.91 Å². The molecule has 0 spiro atoms. The molecular formula is C19H17ClN6O2. The molecule has 1 amide bonds. The van der Waals surface area contributed by atoms with E-state index in [9.17, 15) is 4.79 Å². The molecule has 0 unspecified atom stereocenters. The van der Waals surface area contributed by atoms with Crippen molar-refractivity contribution in [1.82, 2.24) is 25.2 Å². The van der Waals surface area contributed by atoms with Crippen LogP contribution in [-0.2, 0) is 4.79 Å². The first kappa shape index (κ1) is 18.1. The van der Waals surface area contributed by atoms with E-state index >= 15 is 0 Å². The van der Waals surface area contributed by atoms with Gasteiger partial charge in [-0.25, -0.2) is 4.98 Å². The smallest absolute Gasteiger partial charge is 0.251 e. The molecule has 2 aromatic carbocycles. The van der Waals surface area contributed by atoms with Crippen LogP contribution in [0.2, 0.25) is 5.02 Å². The van der Waals surface area contributed by atoms with Crippen molar-refractivity contribution in [2.24, 2.45) is 0 Å². The molecule has 1 atom stereocenters. The number of aryl methyl sites for hydroxylation is 1. The quantitative estimate of drug-likeness (QED) is 0.546. The van der Waals surface area contributed by atoms with Gasteiger partial charge in [0.05, 0.1) is 0 Å². The summed E-state index contributed by atoms with van der Waals surface area (Å²) in [6.07, 6.45) is 0.508. The minimum absolute atomic E-state index is 0.234. The highest BCUT2D eigenvalue weighted by Crippen LogP contribution is 2.22. The molecule has 0 saturated carbocycles. The van der Waals surface area contributed by atoms with Crippen LogP contribution >= 0.6 is 11.6 Å². The average molecular weight is 397 g/mol. The molecule has 0 aliphatic rings. The van der Waals surface area contributed by atoms with Crippen LogP contribution in [0.4, 0.5) is 5.69 Å². The van der Waals surface area contributed by atoms with Gasteiger partial charge < -0.3 is 9.73 Å². The number of nitrogens with zero attached hydrogens (tertiary/aromatic N) is 5. The molecule has 28 heavy (non-hydrogen) atoms. The molecule has 4 aromatic rings. The number of hydrogen-bond donors (Lipinski definition) is 1. The third-order valence-electron chi connectivity index (χ3n) is 4.26. The summed E-state index contributed by atoms with van der Waals surface area (Å²) in [5.74, 6) is 0.774. The average Bonchev–Trinajstić information content (AvgIpc) is 3.29. The lowest BCUT2D eigenvalue weighted by Crippen LogP contribution is -2.27. The number of nitrogens with one attached hydrogen (secondary N) is 1. The lowest BCUT2D eigenvalue weighted by atomic mass is 10.2. The normalized spacial score (nSPS) is 12.2. The van der Waals surface area contributed by atoms with E-state index in [1.54, 1.807) is 49.4 Å². The summed E-state index contributed by atoms with van der Waals surface area (Å²) in [5.41, 5.74) is 2.76. The minimum atomic E-state index is -0.594. The number of anilines is 1. The Hall–Kier alpha value is -3.26. The van der Waals surface area contributed by atoms with Crippen LogP contribution in [-0.4, -0.2) is 31.1 Å². The van der Waals surface area contributed by atoms with Gasteiger partial charge in [-0.15, -0.1) is 10.2 Å². The highest BCUT2D eigenvalue weighted by molar-refractivity contribution is 6.30. The molecule has 2 aromatic heterocycles. The summed E-state index contributed by atoms with van der Waals surface area (Å²) in [6, 6.07) is 11.8. The van der Waals surface area contributed by atoms with Gasteiger partial charge in [0.1, 0.15) is 5.52 Å². The van der Waals surface area contributed by atoms with Gasteiger partial charge in [-0.3, -0.25) is 4.79 Å². The molecule has 0 aliphatic carbocycles. The van der Waals surface area contributed by atoms with E-state index in [0.717, 1.165) is 5.56 Å². The SMILES string of the molecule is CC[C@@H](C(=O)Nc1ccc2oc(C)nc2c1)n1nnc(-c2ccc(Cl)cc2)n1. The van der Waals surface area contributed by atoms with Gasteiger partial charge in [0.2, 0.25) is 5.82 Å². The van der Waals surface area contributed by atoms with Crippen LogP contribution in [0.5, 0.6) is 0 Å². The van der Waals surface area contributed by atoms with Crippen molar-refractivity contribution in [2.75, 3.05) is 5.32 Å². The van der Waals surface area contributed by atoms with Crippen molar-refractivity contribution >= 4 is 34.3 Å². The number of hydrogen-bond acceptors (Lipinski definition) is 6. The predicted octanol–water partition coefficient (Wildman–Crippen LogP) is 4.03. The molecule has 2 heterocycles. The molecule has 142 valence electrons. The summed E-state index contributed by atoms with van der Waals surface area (Å²) in [6.45, 7) is 3.67. The molecular weight excluding hydrogens is 380 g/mol. The minimum Gasteiger partial charge on any atom is -0.441 e. The number of carbonyl (C=O) groups is 1. The summed E-state index contributed by atoms with van der Waals surface area (Å²) in [7, 11) is 0. The molecule has 9 heteroatoms. The largest absolute Gasteiger partial charge is 0.441 e.